The second kappa shape index (κ2) is 10.5. The summed E-state index contributed by atoms with van der Waals surface area (Å²) >= 11 is 0. The second-order valence-corrected chi connectivity index (χ2v) is 12.9. The molecule has 0 heterocycles. The molecule has 0 bridgehead atoms. The molecule has 0 amide bonds. The number of benzene rings is 6. The number of fused-ring (bicyclic) bond motifs is 2. The Balaban J connectivity index is 1.93. The Morgan fingerprint density at radius 2 is 0.455 bits per heavy atom. The molecule has 0 heteroatoms. The van der Waals surface area contributed by atoms with E-state index in [9.17, 15) is 0 Å². The van der Waals surface area contributed by atoms with Crippen LogP contribution in [-0.4, -0.2) is 0 Å². The van der Waals surface area contributed by atoms with Crippen LogP contribution in [0.1, 0.15) is 44.5 Å². The van der Waals surface area contributed by atoms with Crippen LogP contribution in [0.2, 0.25) is 0 Å². The normalized spacial score (nSPS) is 11.6. The standard InChI is InChI=1S/C44H40/c1-25-15-11-16-26(2)35(25)41-39-33-23-9-10-24-34(33)40(39)42(36-27(3)17-12-18-28(36)4)44(38-31(7)21-14-22-32(38)8)43(41)37-29(5)19-13-20-30(37)6/h9-24H,1-8H3. The summed E-state index contributed by atoms with van der Waals surface area (Å²) < 4.78 is 0. The molecule has 6 aromatic carbocycles. The first-order valence-corrected chi connectivity index (χ1v) is 15.8. The van der Waals surface area contributed by atoms with Crippen molar-refractivity contribution in [2.75, 3.05) is 0 Å². The fraction of sp³-hybridized carbons (Fsp3) is 0.182. The van der Waals surface area contributed by atoms with E-state index in [4.69, 9.17) is 0 Å². The predicted octanol–water partition coefficient (Wildman–Crippen LogP) is 11.7. The molecule has 216 valence electrons. The van der Waals surface area contributed by atoms with Crippen LogP contribution in [0.4, 0.5) is 0 Å². The molecule has 0 unspecified atom stereocenters. The van der Waals surface area contributed by atoms with Crippen LogP contribution in [-0.2, 0) is 0 Å². The van der Waals surface area contributed by atoms with Gasteiger partial charge in [-0.25, -0.2) is 0 Å². The monoisotopic (exact) mass is 568 g/mol. The van der Waals surface area contributed by atoms with Crippen LogP contribution in [0.5, 0.6) is 0 Å². The number of aryl methyl sites for hydroxylation is 8. The van der Waals surface area contributed by atoms with Crippen LogP contribution in [0.25, 0.3) is 44.5 Å². The molecule has 0 atom stereocenters. The maximum Gasteiger partial charge on any atom is -0.000720 e. The summed E-state index contributed by atoms with van der Waals surface area (Å²) in [5, 5.41) is 5.49. The fourth-order valence-corrected chi connectivity index (χ4v) is 7.98. The molecule has 1 aliphatic rings. The topological polar surface area (TPSA) is 0 Å². The highest BCUT2D eigenvalue weighted by molar-refractivity contribution is 6.06. The highest BCUT2D eigenvalue weighted by atomic mass is 14.3. The summed E-state index contributed by atoms with van der Waals surface area (Å²) in [5.74, 6) is 0. The van der Waals surface area contributed by atoms with Crippen LogP contribution in [0.15, 0.2) is 97.1 Å². The van der Waals surface area contributed by atoms with Gasteiger partial charge < -0.3 is 0 Å². The van der Waals surface area contributed by atoms with Crippen molar-refractivity contribution in [1.82, 2.24) is 0 Å². The molecule has 44 heavy (non-hydrogen) atoms. The zero-order chi connectivity index (χ0) is 30.9. The third-order valence-electron chi connectivity index (χ3n) is 9.89. The summed E-state index contributed by atoms with van der Waals surface area (Å²) in [6, 6.07) is 36.2. The molecule has 0 fully saturated rings. The fourth-order valence-electron chi connectivity index (χ4n) is 7.98. The summed E-state index contributed by atoms with van der Waals surface area (Å²) in [5.41, 5.74) is 21.4. The van der Waals surface area contributed by atoms with Gasteiger partial charge >= 0.3 is 0 Å². The van der Waals surface area contributed by atoms with Crippen molar-refractivity contribution < 1.29 is 0 Å². The summed E-state index contributed by atoms with van der Waals surface area (Å²) in [6.45, 7) is 18.3. The van der Waals surface area contributed by atoms with E-state index in [1.807, 2.05) is 0 Å². The summed E-state index contributed by atoms with van der Waals surface area (Å²) in [7, 11) is 0. The molecule has 0 saturated carbocycles. The molecule has 0 radical (unpaired) electrons. The van der Waals surface area contributed by atoms with Gasteiger partial charge in [-0.2, -0.15) is 0 Å². The van der Waals surface area contributed by atoms with E-state index in [1.54, 1.807) is 0 Å². The van der Waals surface area contributed by atoms with E-state index in [-0.39, 0.29) is 0 Å². The lowest BCUT2D eigenvalue weighted by molar-refractivity contribution is 1.25. The van der Waals surface area contributed by atoms with E-state index in [0.29, 0.717) is 0 Å². The van der Waals surface area contributed by atoms with Crippen LogP contribution in [0.3, 0.4) is 0 Å². The Labute approximate surface area is 261 Å². The largest absolute Gasteiger partial charge is 0.0617 e. The molecule has 0 spiro atoms. The minimum absolute atomic E-state index is 1.31. The van der Waals surface area contributed by atoms with Crippen LogP contribution in [0, 0.1) is 76.3 Å². The van der Waals surface area contributed by atoms with E-state index >= 15 is 0 Å². The molecule has 6 aromatic rings. The zero-order valence-corrected chi connectivity index (χ0v) is 27.2. The van der Waals surface area contributed by atoms with Crippen molar-refractivity contribution >= 4 is 0 Å². The molecule has 1 aliphatic carbocycles. The van der Waals surface area contributed by atoms with Gasteiger partial charge in [-0.1, -0.05) is 97.1 Å². The van der Waals surface area contributed by atoms with Gasteiger partial charge in [0, 0.05) is 0 Å². The lowest BCUT2D eigenvalue weighted by Crippen LogP contribution is -2.08. The van der Waals surface area contributed by atoms with Gasteiger partial charge in [0.25, 0.3) is 0 Å². The van der Waals surface area contributed by atoms with Gasteiger partial charge in [-0.05, 0) is 165 Å². The third kappa shape index (κ3) is 4.05. The van der Waals surface area contributed by atoms with Crippen molar-refractivity contribution in [2.45, 2.75) is 55.4 Å². The lowest BCUT2D eigenvalue weighted by Gasteiger charge is -2.30. The predicted molar refractivity (Wildman–Crippen MR) is 188 cm³/mol. The molecule has 0 N–H and O–H groups in total. The van der Waals surface area contributed by atoms with Crippen molar-refractivity contribution in [2.24, 2.45) is 0 Å². The van der Waals surface area contributed by atoms with Gasteiger partial charge in [0.1, 0.15) is 0 Å². The molecule has 0 aromatic heterocycles. The third-order valence-corrected chi connectivity index (χ3v) is 9.89. The Morgan fingerprint density at radius 3 is 0.705 bits per heavy atom. The lowest BCUT2D eigenvalue weighted by atomic mass is 9.73. The van der Waals surface area contributed by atoms with Crippen molar-refractivity contribution in [3.63, 3.8) is 0 Å². The average molecular weight is 569 g/mol. The second-order valence-electron chi connectivity index (χ2n) is 12.9. The smallest absolute Gasteiger partial charge is 0.000720 e. The Kier molecular flexibility index (Phi) is 6.70. The van der Waals surface area contributed by atoms with E-state index in [1.165, 1.54) is 110 Å². The first kappa shape index (κ1) is 28.1. The van der Waals surface area contributed by atoms with Crippen molar-refractivity contribution in [3.8, 4) is 44.5 Å². The maximum atomic E-state index is 2.33. The minimum Gasteiger partial charge on any atom is -0.0617 e. The molecular formula is C44H40. The first-order valence-electron chi connectivity index (χ1n) is 15.8. The van der Waals surface area contributed by atoms with Crippen molar-refractivity contribution in [1.29, 1.82) is 0 Å². The Hall–Kier alpha value is -4.68. The van der Waals surface area contributed by atoms with E-state index in [0.717, 1.165) is 0 Å². The molecular weight excluding hydrogens is 528 g/mol. The van der Waals surface area contributed by atoms with E-state index < -0.39 is 0 Å². The Bertz CT molecular complexity index is 2100. The van der Waals surface area contributed by atoms with Gasteiger partial charge in [0.05, 0.1) is 0 Å². The summed E-state index contributed by atoms with van der Waals surface area (Å²) in [4.78, 5) is 0. The first-order chi connectivity index (χ1) is 21.2. The number of hydrogen-bond donors (Lipinski definition) is 0. The molecule has 7 rings (SSSR count). The van der Waals surface area contributed by atoms with Gasteiger partial charge in [0.2, 0.25) is 0 Å². The highest BCUT2D eigenvalue weighted by Gasteiger charge is 2.30. The zero-order valence-electron chi connectivity index (χ0n) is 27.2. The van der Waals surface area contributed by atoms with Gasteiger partial charge in [0.15, 0.2) is 0 Å². The molecule has 0 nitrogen and oxygen atoms in total. The quantitative estimate of drug-likeness (QED) is 0.198. The number of rotatable bonds is 4. The van der Waals surface area contributed by atoms with Crippen molar-refractivity contribution in [3.05, 3.63) is 162 Å². The molecule has 0 saturated heterocycles. The van der Waals surface area contributed by atoms with Crippen LogP contribution < -0.4 is 0 Å². The summed E-state index contributed by atoms with van der Waals surface area (Å²) in [6.07, 6.45) is 0. The molecule has 0 aliphatic heterocycles. The highest BCUT2D eigenvalue weighted by Crippen LogP contribution is 2.53. The SMILES string of the molecule is Cc1cccc(C)c1-c1c(-c2c(C)cccc2C)c(-c2c(C)cccc2C)c2c(c1-c1c(C)cccc1C)=c1ccccc1=2. The average Bonchev–Trinajstić information content (AvgIpc) is 2.96. The van der Waals surface area contributed by atoms with Crippen LogP contribution >= 0.6 is 0 Å². The van der Waals surface area contributed by atoms with Gasteiger partial charge in [-0.15, -0.1) is 0 Å². The Morgan fingerprint density at radius 1 is 0.227 bits per heavy atom. The van der Waals surface area contributed by atoms with E-state index in [2.05, 4.69) is 152 Å². The minimum atomic E-state index is 1.31. The number of hydrogen-bond acceptors (Lipinski definition) is 0. The van der Waals surface area contributed by atoms with Gasteiger partial charge in [-0.3, -0.25) is 0 Å². The maximum absolute atomic E-state index is 2.33.